The van der Waals surface area contributed by atoms with Gasteiger partial charge in [0.1, 0.15) is 6.04 Å². The van der Waals surface area contributed by atoms with Gasteiger partial charge in [0.2, 0.25) is 0 Å². The van der Waals surface area contributed by atoms with Crippen molar-refractivity contribution in [1.29, 1.82) is 5.26 Å². The van der Waals surface area contributed by atoms with Gasteiger partial charge < -0.3 is 9.63 Å². The summed E-state index contributed by atoms with van der Waals surface area (Å²) in [7, 11) is -2.69. The van der Waals surface area contributed by atoms with Crippen molar-refractivity contribution in [3.63, 3.8) is 0 Å². The molecule has 4 nitrogen and oxygen atoms in total. The SMILES string of the molecule is CC(C)(C)[Si](O[C@H]1CCN(O)[C@@H]1C#N)(c1ccccc1)c1ccccc1. The number of hydrogen-bond acceptors (Lipinski definition) is 4. The summed E-state index contributed by atoms with van der Waals surface area (Å²) in [6, 6.07) is 22.3. The van der Waals surface area contributed by atoms with E-state index in [0.29, 0.717) is 13.0 Å². The molecule has 0 bridgehead atoms. The normalized spacial score (nSPS) is 21.5. The molecule has 2 aromatic carbocycles. The fourth-order valence-electron chi connectivity index (χ4n) is 3.94. The highest BCUT2D eigenvalue weighted by molar-refractivity contribution is 6.99. The number of rotatable bonds is 4. The van der Waals surface area contributed by atoms with E-state index in [4.69, 9.17) is 4.43 Å². The van der Waals surface area contributed by atoms with Gasteiger partial charge in [-0.3, -0.25) is 0 Å². The number of hydrogen-bond donors (Lipinski definition) is 1. The molecule has 0 radical (unpaired) electrons. The van der Waals surface area contributed by atoms with E-state index in [1.807, 2.05) is 36.4 Å². The fraction of sp³-hybridized carbons (Fsp3) is 0.381. The van der Waals surface area contributed by atoms with Crippen LogP contribution in [0.1, 0.15) is 27.2 Å². The van der Waals surface area contributed by atoms with Gasteiger partial charge in [0.15, 0.2) is 0 Å². The fourth-order valence-corrected chi connectivity index (χ4v) is 8.66. The lowest BCUT2D eigenvalue weighted by molar-refractivity contribution is -0.0970. The van der Waals surface area contributed by atoms with Crippen molar-refractivity contribution in [2.45, 2.75) is 44.4 Å². The van der Waals surface area contributed by atoms with E-state index in [1.165, 1.54) is 10.4 Å². The van der Waals surface area contributed by atoms with Crippen molar-refractivity contribution in [2.75, 3.05) is 6.54 Å². The van der Waals surface area contributed by atoms with Crippen LogP contribution in [-0.2, 0) is 4.43 Å². The first kappa shape index (κ1) is 18.8. The third-order valence-electron chi connectivity index (χ3n) is 5.19. The molecule has 0 saturated carbocycles. The van der Waals surface area contributed by atoms with Gasteiger partial charge in [-0.1, -0.05) is 81.4 Å². The minimum Gasteiger partial charge on any atom is -0.402 e. The van der Waals surface area contributed by atoms with Crippen LogP contribution in [0.15, 0.2) is 60.7 Å². The highest BCUT2D eigenvalue weighted by atomic mass is 28.4. The molecule has 2 atom stereocenters. The van der Waals surface area contributed by atoms with Crippen molar-refractivity contribution < 1.29 is 9.63 Å². The Bertz CT molecular complexity index is 729. The lowest BCUT2D eigenvalue weighted by atomic mass is 10.2. The third-order valence-corrected chi connectivity index (χ3v) is 10.3. The smallest absolute Gasteiger partial charge is 0.261 e. The zero-order valence-electron chi connectivity index (χ0n) is 15.6. The van der Waals surface area contributed by atoms with E-state index in [9.17, 15) is 10.5 Å². The molecule has 0 unspecified atom stereocenters. The van der Waals surface area contributed by atoms with E-state index in [1.54, 1.807) is 0 Å². The molecule has 5 heteroatoms. The Balaban J connectivity index is 2.17. The minimum atomic E-state index is -2.69. The number of nitriles is 1. The lowest BCUT2D eigenvalue weighted by Gasteiger charge is -2.45. The Morgan fingerprint density at radius 3 is 1.96 bits per heavy atom. The molecule has 0 aliphatic carbocycles. The number of benzene rings is 2. The van der Waals surface area contributed by atoms with Gasteiger partial charge in [-0.15, -0.1) is 0 Å². The molecule has 1 aliphatic rings. The van der Waals surface area contributed by atoms with Crippen LogP contribution in [0.25, 0.3) is 0 Å². The predicted octanol–water partition coefficient (Wildman–Crippen LogP) is 2.92. The van der Waals surface area contributed by atoms with Gasteiger partial charge in [-0.05, 0) is 21.8 Å². The second-order valence-corrected chi connectivity index (χ2v) is 12.1. The first-order valence-corrected chi connectivity index (χ1v) is 10.9. The van der Waals surface area contributed by atoms with E-state index in [2.05, 4.69) is 51.1 Å². The van der Waals surface area contributed by atoms with Crippen LogP contribution < -0.4 is 10.4 Å². The van der Waals surface area contributed by atoms with E-state index >= 15 is 0 Å². The Kier molecular flexibility index (Phi) is 5.31. The van der Waals surface area contributed by atoms with Crippen molar-refractivity contribution in [3.8, 4) is 6.07 Å². The van der Waals surface area contributed by atoms with Gasteiger partial charge in [-0.25, -0.2) is 0 Å². The highest BCUT2D eigenvalue weighted by Gasteiger charge is 2.53. The summed E-state index contributed by atoms with van der Waals surface area (Å²) in [6.07, 6.45) is 0.343. The van der Waals surface area contributed by atoms with E-state index in [0.717, 1.165) is 5.06 Å². The minimum absolute atomic E-state index is 0.140. The lowest BCUT2D eigenvalue weighted by Crippen LogP contribution is -2.68. The van der Waals surface area contributed by atoms with Gasteiger partial charge >= 0.3 is 0 Å². The second kappa shape index (κ2) is 7.34. The van der Waals surface area contributed by atoms with Gasteiger partial charge in [0.05, 0.1) is 12.2 Å². The summed E-state index contributed by atoms with van der Waals surface area (Å²) in [5.41, 5.74) is 0. The van der Waals surface area contributed by atoms with Crippen LogP contribution in [0.2, 0.25) is 5.04 Å². The highest BCUT2D eigenvalue weighted by Crippen LogP contribution is 2.39. The molecule has 0 spiro atoms. The first-order chi connectivity index (χ1) is 12.4. The molecular weight excluding hydrogens is 340 g/mol. The van der Waals surface area contributed by atoms with Crippen LogP contribution in [0.5, 0.6) is 0 Å². The second-order valence-electron chi connectivity index (χ2n) is 7.85. The molecular formula is C21H26N2O2Si. The molecule has 1 aliphatic heterocycles. The van der Waals surface area contributed by atoms with Crippen LogP contribution in [-0.4, -0.2) is 37.3 Å². The molecule has 1 N–H and O–H groups in total. The maximum Gasteiger partial charge on any atom is 0.261 e. The molecule has 1 saturated heterocycles. The maximum absolute atomic E-state index is 10.0. The molecule has 2 aromatic rings. The van der Waals surface area contributed by atoms with Crippen molar-refractivity contribution in [3.05, 3.63) is 60.7 Å². The molecule has 26 heavy (non-hydrogen) atoms. The number of hydroxylamine groups is 2. The van der Waals surface area contributed by atoms with Gasteiger partial charge in [0, 0.05) is 6.54 Å². The van der Waals surface area contributed by atoms with Crippen molar-refractivity contribution in [2.24, 2.45) is 0 Å². The average Bonchev–Trinajstić information content (AvgIpc) is 2.99. The summed E-state index contributed by atoms with van der Waals surface area (Å²) < 4.78 is 6.92. The molecule has 1 fully saturated rings. The molecule has 1 heterocycles. The molecule has 3 rings (SSSR count). The Morgan fingerprint density at radius 1 is 1.04 bits per heavy atom. The monoisotopic (exact) mass is 366 g/mol. The molecule has 0 aromatic heterocycles. The van der Waals surface area contributed by atoms with Crippen LogP contribution >= 0.6 is 0 Å². The summed E-state index contributed by atoms with van der Waals surface area (Å²) in [5, 5.41) is 22.9. The van der Waals surface area contributed by atoms with Crippen LogP contribution in [0.4, 0.5) is 0 Å². The zero-order valence-corrected chi connectivity index (χ0v) is 16.6. The Labute approximate surface area is 156 Å². The Hall–Kier alpha value is -1.97. The summed E-state index contributed by atoms with van der Waals surface area (Å²) >= 11 is 0. The predicted molar refractivity (Wildman–Crippen MR) is 105 cm³/mol. The van der Waals surface area contributed by atoms with Crippen LogP contribution in [0.3, 0.4) is 0 Å². The first-order valence-electron chi connectivity index (χ1n) is 9.04. The van der Waals surface area contributed by atoms with E-state index in [-0.39, 0.29) is 11.1 Å². The van der Waals surface area contributed by atoms with Crippen molar-refractivity contribution >= 4 is 18.7 Å². The average molecular weight is 367 g/mol. The van der Waals surface area contributed by atoms with Crippen LogP contribution in [0, 0.1) is 11.3 Å². The van der Waals surface area contributed by atoms with E-state index < -0.39 is 14.4 Å². The zero-order chi connectivity index (χ0) is 18.8. The van der Waals surface area contributed by atoms with Crippen molar-refractivity contribution in [1.82, 2.24) is 5.06 Å². The molecule has 136 valence electrons. The maximum atomic E-state index is 10.0. The quantitative estimate of drug-likeness (QED) is 0.846. The van der Waals surface area contributed by atoms with Gasteiger partial charge in [0.25, 0.3) is 8.32 Å². The standard InChI is InChI=1S/C21H26N2O2Si/c1-21(2,3)26(17-10-6-4-7-11-17,18-12-8-5-9-13-18)25-20-14-15-23(24)19(20)16-22/h4-13,19-20,24H,14-15H2,1-3H3/t19-,20+/m1/s1. The Morgan fingerprint density at radius 2 is 1.54 bits per heavy atom. The largest absolute Gasteiger partial charge is 0.402 e. The summed E-state index contributed by atoms with van der Waals surface area (Å²) in [5.74, 6) is 0. The number of nitrogens with zero attached hydrogens (tertiary/aromatic N) is 2. The topological polar surface area (TPSA) is 56.5 Å². The summed E-state index contributed by atoms with van der Waals surface area (Å²) in [6.45, 7) is 7.10. The van der Waals surface area contributed by atoms with Gasteiger partial charge in [-0.2, -0.15) is 10.3 Å². The summed E-state index contributed by atoms with van der Waals surface area (Å²) in [4.78, 5) is 0. The third kappa shape index (κ3) is 3.22. The molecule has 0 amide bonds.